The maximum atomic E-state index is 13.7. The molecule has 6 heteroatoms. The van der Waals surface area contributed by atoms with E-state index < -0.39 is 11.4 Å². The first kappa shape index (κ1) is 21.7. The van der Waals surface area contributed by atoms with Crippen LogP contribution in [0.25, 0.3) is 0 Å². The van der Waals surface area contributed by atoms with Crippen molar-refractivity contribution in [3.8, 4) is 6.01 Å². The first-order chi connectivity index (χ1) is 14.0. The van der Waals surface area contributed by atoms with E-state index in [1.54, 1.807) is 7.11 Å². The summed E-state index contributed by atoms with van der Waals surface area (Å²) in [4.78, 5) is 34.1. The lowest BCUT2D eigenvalue weighted by Crippen LogP contribution is -2.54. The van der Waals surface area contributed by atoms with Crippen LogP contribution in [0.4, 0.5) is 0 Å². The van der Waals surface area contributed by atoms with Gasteiger partial charge in [-0.2, -0.15) is 0 Å². The van der Waals surface area contributed by atoms with E-state index in [0.29, 0.717) is 43.9 Å². The van der Waals surface area contributed by atoms with Crippen LogP contribution in [-0.2, 0) is 15.0 Å². The molecule has 3 rings (SSSR count). The van der Waals surface area contributed by atoms with E-state index in [9.17, 15) is 14.7 Å². The Bertz CT molecular complexity index is 702. The zero-order valence-electron chi connectivity index (χ0n) is 17.8. The SMILES string of the molecule is CCCCC(=O)C1(C2(c3cnc(OC)nc3)CCCCC2)CCC(C(=O)O)CC1. The van der Waals surface area contributed by atoms with Crippen LogP contribution in [0.2, 0.25) is 0 Å². The molecule has 0 spiro atoms. The highest BCUT2D eigenvalue weighted by Gasteiger charge is 2.57. The fourth-order valence-electron chi connectivity index (χ4n) is 5.83. The molecular formula is C23H34N2O4. The van der Waals surface area contributed by atoms with Crippen LogP contribution in [0.3, 0.4) is 0 Å². The number of methoxy groups -OCH3 is 1. The molecule has 0 aromatic carbocycles. The molecule has 1 aromatic heterocycles. The molecule has 0 atom stereocenters. The van der Waals surface area contributed by atoms with E-state index in [-0.39, 0.29) is 11.3 Å². The summed E-state index contributed by atoms with van der Waals surface area (Å²) < 4.78 is 5.15. The van der Waals surface area contributed by atoms with E-state index in [0.717, 1.165) is 44.1 Å². The summed E-state index contributed by atoms with van der Waals surface area (Å²) in [5.41, 5.74) is 0.217. The Morgan fingerprint density at radius 3 is 2.24 bits per heavy atom. The molecule has 0 amide bonds. The molecule has 29 heavy (non-hydrogen) atoms. The third kappa shape index (κ3) is 4.03. The van der Waals surface area contributed by atoms with Crippen molar-refractivity contribution >= 4 is 11.8 Å². The largest absolute Gasteiger partial charge is 0.481 e. The Kier molecular flexibility index (Phi) is 6.91. The van der Waals surface area contributed by atoms with Crippen LogP contribution in [0.1, 0.15) is 89.5 Å². The summed E-state index contributed by atoms with van der Waals surface area (Å²) in [6, 6.07) is 0.334. The monoisotopic (exact) mass is 402 g/mol. The maximum Gasteiger partial charge on any atom is 0.316 e. The molecule has 0 aliphatic heterocycles. The smallest absolute Gasteiger partial charge is 0.316 e. The number of ketones is 1. The minimum atomic E-state index is -0.731. The molecule has 1 heterocycles. The summed E-state index contributed by atoms with van der Waals surface area (Å²) in [5, 5.41) is 9.52. The van der Waals surface area contributed by atoms with E-state index in [1.165, 1.54) is 6.42 Å². The average molecular weight is 403 g/mol. The third-order valence-corrected chi connectivity index (χ3v) is 7.47. The Hall–Kier alpha value is -1.98. The molecule has 0 unspecified atom stereocenters. The Morgan fingerprint density at radius 2 is 1.72 bits per heavy atom. The van der Waals surface area contributed by atoms with E-state index in [2.05, 4.69) is 16.9 Å². The van der Waals surface area contributed by atoms with Gasteiger partial charge in [0.25, 0.3) is 0 Å². The van der Waals surface area contributed by atoms with Crippen molar-refractivity contribution in [2.24, 2.45) is 11.3 Å². The number of ether oxygens (including phenoxy) is 1. The summed E-state index contributed by atoms with van der Waals surface area (Å²) >= 11 is 0. The second kappa shape index (κ2) is 9.23. The van der Waals surface area contributed by atoms with Crippen LogP contribution < -0.4 is 4.74 Å². The van der Waals surface area contributed by atoms with Crippen molar-refractivity contribution in [3.63, 3.8) is 0 Å². The lowest BCUT2D eigenvalue weighted by Gasteiger charge is -2.54. The highest BCUT2D eigenvalue weighted by Crippen LogP contribution is 2.59. The Balaban J connectivity index is 2.05. The van der Waals surface area contributed by atoms with Gasteiger partial charge in [0.05, 0.1) is 13.0 Å². The quantitative estimate of drug-likeness (QED) is 0.677. The number of carboxylic acid groups (broad SMARTS) is 1. The predicted octanol–water partition coefficient (Wildman–Crippen LogP) is 4.71. The lowest BCUT2D eigenvalue weighted by atomic mass is 9.47. The minimum Gasteiger partial charge on any atom is -0.481 e. The van der Waals surface area contributed by atoms with Gasteiger partial charge in [-0.15, -0.1) is 0 Å². The van der Waals surface area contributed by atoms with Crippen LogP contribution in [-0.4, -0.2) is 33.9 Å². The van der Waals surface area contributed by atoms with Crippen molar-refractivity contribution < 1.29 is 19.4 Å². The van der Waals surface area contributed by atoms with E-state index in [4.69, 9.17) is 4.74 Å². The number of hydrogen-bond acceptors (Lipinski definition) is 5. The molecule has 0 bridgehead atoms. The number of aromatic nitrogens is 2. The van der Waals surface area contributed by atoms with Gasteiger partial charge in [0, 0.05) is 29.6 Å². The second-order valence-electron chi connectivity index (χ2n) is 8.82. The number of carbonyl (C=O) groups is 2. The topological polar surface area (TPSA) is 89.4 Å². The average Bonchev–Trinajstić information content (AvgIpc) is 2.77. The number of carboxylic acids is 1. The highest BCUT2D eigenvalue weighted by atomic mass is 16.5. The molecular weight excluding hydrogens is 368 g/mol. The summed E-state index contributed by atoms with van der Waals surface area (Å²) in [7, 11) is 1.55. The van der Waals surface area contributed by atoms with Gasteiger partial charge in [0.15, 0.2) is 0 Å². The normalized spacial score (nSPS) is 26.6. The highest BCUT2D eigenvalue weighted by molar-refractivity contribution is 5.87. The van der Waals surface area contributed by atoms with Crippen molar-refractivity contribution in [2.45, 2.75) is 89.4 Å². The van der Waals surface area contributed by atoms with E-state index in [1.807, 2.05) is 12.4 Å². The minimum absolute atomic E-state index is 0.300. The van der Waals surface area contributed by atoms with Gasteiger partial charge in [0.1, 0.15) is 5.78 Å². The van der Waals surface area contributed by atoms with Gasteiger partial charge in [-0.3, -0.25) is 9.59 Å². The van der Waals surface area contributed by atoms with Crippen molar-refractivity contribution in [2.75, 3.05) is 7.11 Å². The van der Waals surface area contributed by atoms with Crippen LogP contribution in [0.15, 0.2) is 12.4 Å². The maximum absolute atomic E-state index is 13.7. The molecule has 0 radical (unpaired) electrons. The predicted molar refractivity (Wildman–Crippen MR) is 110 cm³/mol. The number of unbranched alkanes of at least 4 members (excludes halogenated alkanes) is 1. The Labute approximate surface area is 173 Å². The molecule has 6 nitrogen and oxygen atoms in total. The van der Waals surface area contributed by atoms with Crippen LogP contribution >= 0.6 is 0 Å². The van der Waals surface area contributed by atoms with Gasteiger partial charge in [0.2, 0.25) is 0 Å². The first-order valence-corrected chi connectivity index (χ1v) is 11.1. The molecule has 2 fully saturated rings. The van der Waals surface area contributed by atoms with Gasteiger partial charge in [-0.1, -0.05) is 32.6 Å². The number of carbonyl (C=O) groups excluding carboxylic acids is 1. The number of Topliss-reactive ketones (excluding diaryl/α,β-unsaturated/α-hetero) is 1. The van der Waals surface area contributed by atoms with Crippen molar-refractivity contribution in [1.29, 1.82) is 0 Å². The van der Waals surface area contributed by atoms with E-state index >= 15 is 0 Å². The van der Waals surface area contributed by atoms with Crippen LogP contribution in [0.5, 0.6) is 6.01 Å². The molecule has 1 aromatic rings. The Morgan fingerprint density at radius 1 is 1.10 bits per heavy atom. The molecule has 2 aliphatic carbocycles. The number of rotatable bonds is 8. The van der Waals surface area contributed by atoms with Crippen molar-refractivity contribution in [1.82, 2.24) is 9.97 Å². The van der Waals surface area contributed by atoms with Gasteiger partial charge < -0.3 is 9.84 Å². The molecule has 2 aliphatic rings. The van der Waals surface area contributed by atoms with Crippen LogP contribution in [0, 0.1) is 11.3 Å². The number of aliphatic carboxylic acids is 1. The zero-order chi connectivity index (χ0) is 20.9. The van der Waals surface area contributed by atoms with Gasteiger partial charge in [-0.25, -0.2) is 9.97 Å². The fraction of sp³-hybridized carbons (Fsp3) is 0.739. The standard InChI is InChI=1S/C23H34N2O4/c1-3-4-8-19(26)23(13-9-17(10-14-23)20(27)28)22(11-6-5-7-12-22)18-15-24-21(29-2)25-16-18/h15-17H,3-14H2,1-2H3,(H,27,28). The second-order valence-corrected chi connectivity index (χ2v) is 8.82. The zero-order valence-corrected chi connectivity index (χ0v) is 17.8. The van der Waals surface area contributed by atoms with Crippen molar-refractivity contribution in [3.05, 3.63) is 18.0 Å². The molecule has 160 valence electrons. The van der Waals surface area contributed by atoms with Gasteiger partial charge in [-0.05, 0) is 50.5 Å². The molecule has 2 saturated carbocycles. The summed E-state index contributed by atoms with van der Waals surface area (Å²) in [5.74, 6) is -0.749. The summed E-state index contributed by atoms with van der Waals surface area (Å²) in [6.07, 6.45) is 13.8. The third-order valence-electron chi connectivity index (χ3n) is 7.47. The van der Waals surface area contributed by atoms with Gasteiger partial charge >= 0.3 is 12.0 Å². The molecule has 0 saturated heterocycles. The fourth-order valence-corrected chi connectivity index (χ4v) is 5.83. The summed E-state index contributed by atoms with van der Waals surface area (Å²) in [6.45, 7) is 2.11. The lowest BCUT2D eigenvalue weighted by molar-refractivity contribution is -0.149. The first-order valence-electron chi connectivity index (χ1n) is 11.1. The number of hydrogen-bond donors (Lipinski definition) is 1. The number of nitrogens with zero attached hydrogens (tertiary/aromatic N) is 2. The molecule has 1 N–H and O–H groups in total.